The average molecular weight is 249 g/mol. The van der Waals surface area contributed by atoms with Crippen molar-refractivity contribution in [2.24, 2.45) is 5.92 Å². The molecule has 3 heteroatoms. The van der Waals surface area contributed by atoms with Crippen LogP contribution in [0.5, 0.6) is 0 Å². The lowest BCUT2D eigenvalue weighted by Gasteiger charge is -2.27. The summed E-state index contributed by atoms with van der Waals surface area (Å²) in [6.07, 6.45) is 4.43. The van der Waals surface area contributed by atoms with Crippen molar-refractivity contribution < 1.29 is 9.84 Å². The zero-order valence-corrected chi connectivity index (χ0v) is 11.0. The Morgan fingerprint density at radius 3 is 2.89 bits per heavy atom. The highest BCUT2D eigenvalue weighted by Crippen LogP contribution is 2.27. The molecule has 1 aliphatic carbocycles. The third-order valence-corrected chi connectivity index (χ3v) is 3.73. The van der Waals surface area contributed by atoms with E-state index in [2.05, 4.69) is 6.92 Å². The summed E-state index contributed by atoms with van der Waals surface area (Å²) in [6, 6.07) is 7.42. The number of nitrogens with two attached hydrogens (primary N) is 1. The summed E-state index contributed by atoms with van der Waals surface area (Å²) < 4.78 is 5.82. The Kier molecular flexibility index (Phi) is 4.61. The van der Waals surface area contributed by atoms with Gasteiger partial charge in [0.1, 0.15) is 6.10 Å². The van der Waals surface area contributed by atoms with Crippen LogP contribution in [0, 0.1) is 5.92 Å². The molecule has 0 spiro atoms. The topological polar surface area (TPSA) is 55.5 Å². The quantitative estimate of drug-likeness (QED) is 0.807. The maximum Gasteiger partial charge on any atom is 0.104 e. The SMILES string of the molecule is CC1CCCC(OCC(O)c2ccccc2N)C1. The van der Waals surface area contributed by atoms with Crippen LogP contribution in [-0.4, -0.2) is 17.8 Å². The number of ether oxygens (including phenoxy) is 1. The van der Waals surface area contributed by atoms with Crippen LogP contribution in [-0.2, 0) is 4.74 Å². The Labute approximate surface area is 109 Å². The van der Waals surface area contributed by atoms with Crippen LogP contribution in [0.15, 0.2) is 24.3 Å². The van der Waals surface area contributed by atoms with Crippen molar-refractivity contribution in [1.29, 1.82) is 0 Å². The lowest BCUT2D eigenvalue weighted by molar-refractivity contribution is -0.0320. The summed E-state index contributed by atoms with van der Waals surface area (Å²) in [5, 5.41) is 10.1. The van der Waals surface area contributed by atoms with E-state index in [-0.39, 0.29) is 0 Å². The molecule has 2 rings (SSSR count). The molecule has 0 radical (unpaired) electrons. The standard InChI is InChI=1S/C15H23NO2/c1-11-5-4-6-12(9-11)18-10-15(17)13-7-2-3-8-14(13)16/h2-3,7-8,11-12,15,17H,4-6,9-10,16H2,1H3. The van der Waals surface area contributed by atoms with Gasteiger partial charge in [-0.3, -0.25) is 0 Å². The Morgan fingerprint density at radius 1 is 1.39 bits per heavy atom. The van der Waals surface area contributed by atoms with E-state index in [9.17, 15) is 5.11 Å². The molecule has 1 fully saturated rings. The van der Waals surface area contributed by atoms with Crippen LogP contribution < -0.4 is 5.73 Å². The zero-order chi connectivity index (χ0) is 13.0. The maximum absolute atomic E-state index is 10.1. The van der Waals surface area contributed by atoms with Gasteiger partial charge >= 0.3 is 0 Å². The van der Waals surface area contributed by atoms with Crippen molar-refractivity contribution in [3.63, 3.8) is 0 Å². The van der Waals surface area contributed by atoms with Crippen molar-refractivity contribution in [1.82, 2.24) is 0 Å². The molecule has 0 aliphatic heterocycles. The summed E-state index contributed by atoms with van der Waals surface area (Å²) in [6.45, 7) is 2.60. The summed E-state index contributed by atoms with van der Waals surface area (Å²) in [7, 11) is 0. The van der Waals surface area contributed by atoms with E-state index < -0.39 is 6.10 Å². The monoisotopic (exact) mass is 249 g/mol. The molecule has 0 saturated heterocycles. The van der Waals surface area contributed by atoms with E-state index >= 15 is 0 Å². The highest BCUT2D eigenvalue weighted by molar-refractivity contribution is 5.47. The lowest BCUT2D eigenvalue weighted by Crippen LogP contribution is -2.24. The number of aliphatic hydroxyl groups is 1. The van der Waals surface area contributed by atoms with Crippen molar-refractivity contribution in [3.8, 4) is 0 Å². The highest BCUT2D eigenvalue weighted by Gasteiger charge is 2.21. The Bertz CT molecular complexity index is 381. The minimum absolute atomic E-state index is 0.299. The number of hydrogen-bond acceptors (Lipinski definition) is 3. The molecule has 0 amide bonds. The van der Waals surface area contributed by atoms with Gasteiger partial charge < -0.3 is 15.6 Å². The third kappa shape index (κ3) is 3.47. The molecule has 1 aromatic carbocycles. The zero-order valence-electron chi connectivity index (χ0n) is 11.0. The summed E-state index contributed by atoms with van der Waals surface area (Å²) in [5.74, 6) is 0.739. The lowest BCUT2D eigenvalue weighted by atomic mass is 9.89. The Morgan fingerprint density at radius 2 is 2.17 bits per heavy atom. The molecule has 3 N–H and O–H groups in total. The largest absolute Gasteiger partial charge is 0.398 e. The normalized spacial score (nSPS) is 25.9. The van der Waals surface area contributed by atoms with Crippen LogP contribution in [0.25, 0.3) is 0 Å². The second-order valence-electron chi connectivity index (χ2n) is 5.37. The predicted octanol–water partition coefficient (Wildman–Crippen LogP) is 2.90. The molecule has 0 bridgehead atoms. The molecule has 0 heterocycles. The first kappa shape index (κ1) is 13.4. The van der Waals surface area contributed by atoms with Gasteiger partial charge in [-0.25, -0.2) is 0 Å². The minimum Gasteiger partial charge on any atom is -0.398 e. The maximum atomic E-state index is 10.1. The minimum atomic E-state index is -0.622. The van der Waals surface area contributed by atoms with Crippen LogP contribution in [0.2, 0.25) is 0 Å². The van der Waals surface area contributed by atoms with Crippen molar-refractivity contribution in [2.75, 3.05) is 12.3 Å². The van der Waals surface area contributed by atoms with E-state index in [4.69, 9.17) is 10.5 Å². The molecule has 3 atom stereocenters. The van der Waals surface area contributed by atoms with Gasteiger partial charge in [0.15, 0.2) is 0 Å². The van der Waals surface area contributed by atoms with Gasteiger partial charge in [0.05, 0.1) is 12.7 Å². The fourth-order valence-corrected chi connectivity index (χ4v) is 2.66. The first-order valence-corrected chi connectivity index (χ1v) is 6.81. The number of rotatable bonds is 4. The molecule has 18 heavy (non-hydrogen) atoms. The second-order valence-corrected chi connectivity index (χ2v) is 5.37. The Balaban J connectivity index is 1.84. The van der Waals surface area contributed by atoms with Crippen LogP contribution in [0.1, 0.15) is 44.3 Å². The number of aliphatic hydroxyl groups excluding tert-OH is 1. The first-order valence-electron chi connectivity index (χ1n) is 6.81. The number of para-hydroxylation sites is 1. The molecule has 3 unspecified atom stereocenters. The average Bonchev–Trinajstić information content (AvgIpc) is 2.37. The van der Waals surface area contributed by atoms with E-state index in [1.165, 1.54) is 12.8 Å². The van der Waals surface area contributed by atoms with Crippen molar-refractivity contribution in [3.05, 3.63) is 29.8 Å². The van der Waals surface area contributed by atoms with Crippen molar-refractivity contribution in [2.45, 2.75) is 44.8 Å². The molecule has 1 aliphatic rings. The Hall–Kier alpha value is -1.06. The van der Waals surface area contributed by atoms with E-state index in [0.29, 0.717) is 18.4 Å². The smallest absolute Gasteiger partial charge is 0.104 e. The van der Waals surface area contributed by atoms with E-state index in [0.717, 1.165) is 24.3 Å². The van der Waals surface area contributed by atoms with Crippen molar-refractivity contribution >= 4 is 5.69 Å². The molecule has 0 aromatic heterocycles. The van der Waals surface area contributed by atoms with Gasteiger partial charge in [-0.15, -0.1) is 0 Å². The molecular formula is C15H23NO2. The fraction of sp³-hybridized carbons (Fsp3) is 0.600. The molecule has 3 nitrogen and oxygen atoms in total. The summed E-state index contributed by atoms with van der Waals surface area (Å²) >= 11 is 0. The summed E-state index contributed by atoms with van der Waals surface area (Å²) in [5.41, 5.74) is 7.23. The van der Waals surface area contributed by atoms with E-state index in [1.807, 2.05) is 18.2 Å². The predicted molar refractivity (Wildman–Crippen MR) is 73.2 cm³/mol. The van der Waals surface area contributed by atoms with Gasteiger partial charge in [0.2, 0.25) is 0 Å². The van der Waals surface area contributed by atoms with Gasteiger partial charge in [0, 0.05) is 11.3 Å². The van der Waals surface area contributed by atoms with Gasteiger partial charge in [0.25, 0.3) is 0 Å². The molecule has 100 valence electrons. The molecule has 1 aromatic rings. The molecular weight excluding hydrogens is 226 g/mol. The van der Waals surface area contributed by atoms with E-state index in [1.54, 1.807) is 6.07 Å². The van der Waals surface area contributed by atoms with Gasteiger partial charge in [-0.2, -0.15) is 0 Å². The number of nitrogen functional groups attached to an aromatic ring is 1. The first-order chi connectivity index (χ1) is 8.66. The van der Waals surface area contributed by atoms with Crippen LogP contribution >= 0.6 is 0 Å². The summed E-state index contributed by atoms with van der Waals surface area (Å²) in [4.78, 5) is 0. The second kappa shape index (κ2) is 6.21. The fourth-order valence-electron chi connectivity index (χ4n) is 2.66. The number of benzene rings is 1. The van der Waals surface area contributed by atoms with Crippen LogP contribution in [0.4, 0.5) is 5.69 Å². The van der Waals surface area contributed by atoms with Gasteiger partial charge in [-0.1, -0.05) is 38.0 Å². The number of hydrogen-bond donors (Lipinski definition) is 2. The third-order valence-electron chi connectivity index (χ3n) is 3.73. The van der Waals surface area contributed by atoms with Gasteiger partial charge in [-0.05, 0) is 24.8 Å². The van der Waals surface area contributed by atoms with Crippen LogP contribution in [0.3, 0.4) is 0 Å². The molecule has 1 saturated carbocycles. The highest BCUT2D eigenvalue weighted by atomic mass is 16.5. The number of anilines is 1.